The first-order valence-corrected chi connectivity index (χ1v) is 7.67. The summed E-state index contributed by atoms with van der Waals surface area (Å²) in [6.45, 7) is 1.34. The van der Waals surface area contributed by atoms with E-state index in [-0.39, 0.29) is 11.5 Å². The molecule has 0 aliphatic heterocycles. The smallest absolute Gasteiger partial charge is 0.241 e. The molecule has 5 nitrogen and oxygen atoms in total. The van der Waals surface area contributed by atoms with Gasteiger partial charge in [-0.05, 0) is 19.1 Å². The van der Waals surface area contributed by atoms with Gasteiger partial charge in [-0.2, -0.15) is 0 Å². The Kier molecular flexibility index (Phi) is 4.27. The maximum atomic E-state index is 12.4. The van der Waals surface area contributed by atoms with E-state index in [9.17, 15) is 8.42 Å². The molecule has 2 N–H and O–H groups in total. The molecule has 0 bridgehead atoms. The average Bonchev–Trinajstić information content (AvgIpc) is 2.45. The van der Waals surface area contributed by atoms with Crippen LogP contribution >= 0.6 is 0 Å². The summed E-state index contributed by atoms with van der Waals surface area (Å²) in [5.74, 6) is 0.620. The van der Waals surface area contributed by atoms with E-state index in [0.29, 0.717) is 11.1 Å². The Morgan fingerprint density at radius 1 is 1.20 bits per heavy atom. The molecule has 0 radical (unpaired) electrons. The number of sulfonamides is 1. The number of ether oxygens (including phenoxy) is 1. The second kappa shape index (κ2) is 5.78. The van der Waals surface area contributed by atoms with Gasteiger partial charge in [-0.25, -0.2) is 13.1 Å². The highest BCUT2D eigenvalue weighted by Crippen LogP contribution is 2.30. The molecule has 0 saturated heterocycles. The van der Waals surface area contributed by atoms with Crippen LogP contribution in [0.5, 0.6) is 5.75 Å². The minimum absolute atomic E-state index is 0.175. The topological polar surface area (TPSA) is 75.6 Å². The highest BCUT2D eigenvalue weighted by Gasteiger charge is 2.20. The summed E-state index contributed by atoms with van der Waals surface area (Å²) in [7, 11) is -2.15. The second-order valence-corrected chi connectivity index (χ2v) is 6.20. The van der Waals surface area contributed by atoms with Crippen LogP contribution in [-0.2, 0) is 10.0 Å². The summed E-state index contributed by atoms with van der Waals surface area (Å²) in [6, 6.07) is 9.73. The summed E-state index contributed by atoms with van der Waals surface area (Å²) in [6.07, 6.45) is 0. The summed E-state index contributed by atoms with van der Waals surface area (Å²) in [5.41, 5.74) is 0. The van der Waals surface area contributed by atoms with Crippen molar-refractivity contribution in [3.8, 4) is 5.75 Å². The Morgan fingerprint density at radius 3 is 2.45 bits per heavy atom. The lowest BCUT2D eigenvalue weighted by molar-refractivity contribution is 0.265. The van der Waals surface area contributed by atoms with Gasteiger partial charge < -0.3 is 9.84 Å². The van der Waals surface area contributed by atoms with E-state index in [1.54, 1.807) is 32.2 Å². The monoisotopic (exact) mass is 295 g/mol. The van der Waals surface area contributed by atoms with Crippen molar-refractivity contribution in [3.63, 3.8) is 0 Å². The molecule has 2 rings (SSSR count). The number of aliphatic hydroxyl groups excluding tert-OH is 1. The SMILES string of the molecule is COc1ccc(S(=O)(=O)N[C@@H](C)CO)c2ccccc12. The third-order valence-corrected chi connectivity index (χ3v) is 4.63. The first-order chi connectivity index (χ1) is 9.49. The molecule has 6 heteroatoms. The summed E-state index contributed by atoms with van der Waals surface area (Å²) >= 11 is 0. The van der Waals surface area contributed by atoms with E-state index in [4.69, 9.17) is 9.84 Å². The predicted molar refractivity (Wildman–Crippen MR) is 77.4 cm³/mol. The minimum atomic E-state index is -3.69. The maximum Gasteiger partial charge on any atom is 0.241 e. The Morgan fingerprint density at radius 2 is 1.85 bits per heavy atom. The Bertz CT molecular complexity index is 712. The van der Waals surface area contributed by atoms with Crippen molar-refractivity contribution in [1.82, 2.24) is 4.72 Å². The van der Waals surface area contributed by atoms with E-state index in [1.165, 1.54) is 6.07 Å². The number of fused-ring (bicyclic) bond motifs is 1. The number of benzene rings is 2. The second-order valence-electron chi connectivity index (χ2n) is 4.52. The Balaban J connectivity index is 2.61. The van der Waals surface area contributed by atoms with Crippen molar-refractivity contribution < 1.29 is 18.3 Å². The highest BCUT2D eigenvalue weighted by molar-refractivity contribution is 7.89. The summed E-state index contributed by atoms with van der Waals surface area (Å²) < 4.78 is 32.4. The van der Waals surface area contributed by atoms with E-state index in [0.717, 1.165) is 5.39 Å². The van der Waals surface area contributed by atoms with Crippen LogP contribution in [0.1, 0.15) is 6.92 Å². The predicted octanol–water partition coefficient (Wildman–Crippen LogP) is 1.51. The van der Waals surface area contributed by atoms with E-state index in [2.05, 4.69) is 4.72 Å². The van der Waals surface area contributed by atoms with Crippen LogP contribution in [0, 0.1) is 0 Å². The lowest BCUT2D eigenvalue weighted by atomic mass is 10.1. The number of hydrogen-bond donors (Lipinski definition) is 2. The number of nitrogens with one attached hydrogen (secondary N) is 1. The summed E-state index contributed by atoms with van der Waals surface area (Å²) in [5, 5.41) is 10.3. The lowest BCUT2D eigenvalue weighted by Gasteiger charge is -2.14. The van der Waals surface area contributed by atoms with Crippen molar-refractivity contribution in [2.75, 3.05) is 13.7 Å². The molecule has 0 aliphatic rings. The first kappa shape index (κ1) is 14.8. The standard InChI is InChI=1S/C14H17NO4S/c1-10(9-16)15-20(17,18)14-8-7-13(19-2)11-5-3-4-6-12(11)14/h3-8,10,15-16H,9H2,1-2H3/t10-/m0/s1. The molecule has 0 unspecified atom stereocenters. The van der Waals surface area contributed by atoms with Crippen molar-refractivity contribution in [2.45, 2.75) is 17.9 Å². The van der Waals surface area contributed by atoms with Gasteiger partial charge in [0.25, 0.3) is 0 Å². The van der Waals surface area contributed by atoms with Gasteiger partial charge >= 0.3 is 0 Å². The average molecular weight is 295 g/mol. The molecular formula is C14H17NO4S. The summed E-state index contributed by atoms with van der Waals surface area (Å²) in [4.78, 5) is 0.175. The zero-order chi connectivity index (χ0) is 14.8. The van der Waals surface area contributed by atoms with Crippen LogP contribution in [-0.4, -0.2) is 33.3 Å². The lowest BCUT2D eigenvalue weighted by Crippen LogP contribution is -2.35. The van der Waals surface area contributed by atoms with E-state index in [1.807, 2.05) is 12.1 Å². The molecule has 0 fully saturated rings. The van der Waals surface area contributed by atoms with Crippen molar-refractivity contribution in [2.24, 2.45) is 0 Å². The van der Waals surface area contributed by atoms with Crippen molar-refractivity contribution in [3.05, 3.63) is 36.4 Å². The van der Waals surface area contributed by atoms with Crippen LogP contribution in [0.3, 0.4) is 0 Å². The van der Waals surface area contributed by atoms with Crippen LogP contribution in [0.2, 0.25) is 0 Å². The molecule has 108 valence electrons. The van der Waals surface area contributed by atoms with Gasteiger partial charge in [0.1, 0.15) is 5.75 Å². The van der Waals surface area contributed by atoms with E-state index >= 15 is 0 Å². The molecule has 1 atom stereocenters. The van der Waals surface area contributed by atoms with Crippen LogP contribution in [0.25, 0.3) is 10.8 Å². The minimum Gasteiger partial charge on any atom is -0.496 e. The fourth-order valence-electron chi connectivity index (χ4n) is 2.02. The van der Waals surface area contributed by atoms with Gasteiger partial charge in [0, 0.05) is 16.8 Å². The van der Waals surface area contributed by atoms with Gasteiger partial charge in [-0.15, -0.1) is 0 Å². The zero-order valence-electron chi connectivity index (χ0n) is 11.3. The zero-order valence-corrected chi connectivity index (χ0v) is 12.1. The third kappa shape index (κ3) is 2.77. The maximum absolute atomic E-state index is 12.4. The number of hydrogen-bond acceptors (Lipinski definition) is 4. The molecule has 2 aromatic rings. The van der Waals surface area contributed by atoms with Gasteiger partial charge in [0.2, 0.25) is 10.0 Å². The molecule has 0 heterocycles. The fourth-order valence-corrected chi connectivity index (χ4v) is 3.47. The van der Waals surface area contributed by atoms with Crippen molar-refractivity contribution >= 4 is 20.8 Å². The largest absolute Gasteiger partial charge is 0.496 e. The normalized spacial score (nSPS) is 13.3. The highest BCUT2D eigenvalue weighted by atomic mass is 32.2. The Labute approximate surface area is 118 Å². The molecule has 0 aliphatic carbocycles. The quantitative estimate of drug-likeness (QED) is 0.876. The fraction of sp³-hybridized carbons (Fsp3) is 0.286. The van der Waals surface area contributed by atoms with Crippen LogP contribution in [0.4, 0.5) is 0 Å². The Hall–Kier alpha value is -1.63. The van der Waals surface area contributed by atoms with Crippen LogP contribution < -0.4 is 9.46 Å². The molecular weight excluding hydrogens is 278 g/mol. The molecule has 0 spiro atoms. The number of aliphatic hydroxyl groups is 1. The van der Waals surface area contributed by atoms with E-state index < -0.39 is 16.1 Å². The molecule has 0 saturated carbocycles. The molecule has 2 aromatic carbocycles. The van der Waals surface area contributed by atoms with Crippen LogP contribution in [0.15, 0.2) is 41.3 Å². The van der Waals surface area contributed by atoms with Gasteiger partial charge in [-0.3, -0.25) is 0 Å². The van der Waals surface area contributed by atoms with Gasteiger partial charge in [0.15, 0.2) is 0 Å². The third-order valence-electron chi connectivity index (χ3n) is 2.98. The molecule has 20 heavy (non-hydrogen) atoms. The first-order valence-electron chi connectivity index (χ1n) is 6.18. The number of methoxy groups -OCH3 is 1. The molecule has 0 aromatic heterocycles. The van der Waals surface area contributed by atoms with Crippen molar-refractivity contribution in [1.29, 1.82) is 0 Å². The van der Waals surface area contributed by atoms with Gasteiger partial charge in [-0.1, -0.05) is 24.3 Å². The number of rotatable bonds is 5. The van der Waals surface area contributed by atoms with Gasteiger partial charge in [0.05, 0.1) is 18.6 Å². The molecule has 0 amide bonds.